The number of fused-ring (bicyclic) bond motifs is 6. The second-order valence-corrected chi connectivity index (χ2v) is 20.5. The first-order valence-corrected chi connectivity index (χ1v) is 22.6. The third-order valence-corrected chi connectivity index (χ3v) is 16.0. The summed E-state index contributed by atoms with van der Waals surface area (Å²) in [4.78, 5) is 65.1. The van der Waals surface area contributed by atoms with Crippen molar-refractivity contribution in [1.82, 2.24) is 25.2 Å². The van der Waals surface area contributed by atoms with Crippen LogP contribution in [0, 0.1) is 23.7 Å². The SMILES string of the molecule is C/C1=C(\NC(=O)OC2CC3CC3C2)C(=O)N2CC(Oc3nccc4c5c(ccc34)N(C)CCO5)CC2C(=O)NC2(C(=O)NS(=O)(=O)C3(C)CC3)CC2C=CCCC(C)C1. The zero-order valence-electron chi connectivity index (χ0n) is 34.1. The number of allylic oxidation sites excluding steroid dienone is 2. The average Bonchev–Trinajstić information content (AvgIpc) is 4.15. The van der Waals surface area contributed by atoms with Gasteiger partial charge >= 0.3 is 6.09 Å². The van der Waals surface area contributed by atoms with Crippen molar-refractivity contribution >= 4 is 50.3 Å². The third kappa shape index (κ3) is 7.50. The minimum atomic E-state index is -4.00. The summed E-state index contributed by atoms with van der Waals surface area (Å²) < 4.78 is 46.3. The summed E-state index contributed by atoms with van der Waals surface area (Å²) in [5.74, 6) is -0.131. The van der Waals surface area contributed by atoms with Crippen LogP contribution in [-0.4, -0.2) is 97.4 Å². The van der Waals surface area contributed by atoms with E-state index in [0.29, 0.717) is 61.0 Å². The lowest BCUT2D eigenvalue weighted by atomic mass is 9.95. The number of rotatable bonds is 7. The van der Waals surface area contributed by atoms with E-state index >= 15 is 0 Å². The summed E-state index contributed by atoms with van der Waals surface area (Å²) >= 11 is 0. The van der Waals surface area contributed by atoms with Crippen LogP contribution < -0.4 is 29.7 Å². The Balaban J connectivity index is 1.04. The highest BCUT2D eigenvalue weighted by Crippen LogP contribution is 2.53. The van der Waals surface area contributed by atoms with E-state index in [9.17, 15) is 27.6 Å². The van der Waals surface area contributed by atoms with E-state index in [1.807, 2.05) is 44.3 Å². The summed E-state index contributed by atoms with van der Waals surface area (Å²) in [6.45, 7) is 6.72. The second-order valence-electron chi connectivity index (χ2n) is 18.3. The number of likely N-dealkylation sites (N-methyl/N-ethyl adjacent to an activating group) is 1. The summed E-state index contributed by atoms with van der Waals surface area (Å²) in [6, 6.07) is 4.59. The van der Waals surface area contributed by atoms with Crippen molar-refractivity contribution < 1.29 is 41.8 Å². The molecule has 316 valence electrons. The van der Waals surface area contributed by atoms with Crippen LogP contribution in [0.1, 0.15) is 85.0 Å². The van der Waals surface area contributed by atoms with Crippen molar-refractivity contribution in [3.8, 4) is 11.6 Å². The van der Waals surface area contributed by atoms with Gasteiger partial charge in [-0.05, 0) is 113 Å². The van der Waals surface area contributed by atoms with Gasteiger partial charge in [-0.15, -0.1) is 0 Å². The lowest BCUT2D eigenvalue weighted by Gasteiger charge is -2.29. The van der Waals surface area contributed by atoms with Crippen LogP contribution in [0.15, 0.2) is 47.8 Å². The number of carbonyl (C=O) groups is 4. The van der Waals surface area contributed by atoms with Crippen molar-refractivity contribution in [1.29, 1.82) is 0 Å². The molecule has 4 saturated carbocycles. The first-order valence-electron chi connectivity index (χ1n) is 21.1. The van der Waals surface area contributed by atoms with Crippen LogP contribution in [-0.2, 0) is 29.1 Å². The third-order valence-electron chi connectivity index (χ3n) is 13.8. The van der Waals surface area contributed by atoms with Crippen molar-refractivity contribution in [3.05, 3.63) is 47.8 Å². The Morgan fingerprint density at radius 2 is 1.83 bits per heavy atom. The summed E-state index contributed by atoms with van der Waals surface area (Å²) in [5, 5.41) is 7.25. The fourth-order valence-electron chi connectivity index (χ4n) is 9.61. The Morgan fingerprint density at radius 3 is 2.59 bits per heavy atom. The Bertz CT molecular complexity index is 2260. The molecule has 7 aliphatic rings. The van der Waals surface area contributed by atoms with Gasteiger partial charge in [0, 0.05) is 36.4 Å². The van der Waals surface area contributed by atoms with E-state index in [1.165, 1.54) is 11.3 Å². The Kier molecular flexibility index (Phi) is 9.86. The normalized spacial score (nSPS) is 33.5. The van der Waals surface area contributed by atoms with E-state index in [2.05, 4.69) is 32.2 Å². The smallest absolute Gasteiger partial charge is 0.412 e. The van der Waals surface area contributed by atoms with E-state index in [-0.39, 0.29) is 37.1 Å². The van der Waals surface area contributed by atoms with Crippen molar-refractivity contribution in [2.75, 3.05) is 31.6 Å². The number of benzene rings is 1. The van der Waals surface area contributed by atoms with E-state index in [4.69, 9.17) is 14.2 Å². The van der Waals surface area contributed by atoms with E-state index in [0.717, 1.165) is 42.6 Å². The molecule has 59 heavy (non-hydrogen) atoms. The van der Waals surface area contributed by atoms with Gasteiger partial charge in [0.25, 0.3) is 11.8 Å². The van der Waals surface area contributed by atoms with Gasteiger partial charge in [0.1, 0.15) is 36.1 Å². The standard InChI is InChI=1S/C43H54N6O9S/c1-24-7-5-6-8-28-22-43(28,40(52)47-59(54,55)42(3)12-13-42)46-37(50)34-21-30(57-38-32-9-10-33-36(31(32)11-14-44-38)56-16-15-48(33)4)23-49(34)39(51)35(25(2)17-24)45-41(53)58-29-19-26-18-27(26)20-29/h6,8-11,14,24,26-30,34H,5,7,12-13,15-23H2,1-4H3,(H,45,53)(H,46,50)(H,47,52)/b8-6?,35-25+. The molecule has 2 aromatic rings. The number of carbonyl (C=O) groups excluding carboxylic acids is 4. The highest BCUT2D eigenvalue weighted by Gasteiger charge is 2.63. The molecule has 4 heterocycles. The minimum absolute atomic E-state index is 0.0341. The van der Waals surface area contributed by atoms with Crippen LogP contribution >= 0.6 is 0 Å². The summed E-state index contributed by atoms with van der Waals surface area (Å²) in [5.41, 5.74) is 0.109. The van der Waals surface area contributed by atoms with Crippen LogP contribution in [0.5, 0.6) is 11.6 Å². The molecule has 3 N–H and O–H groups in total. The van der Waals surface area contributed by atoms with Crippen LogP contribution in [0.25, 0.3) is 10.8 Å². The number of hydrogen-bond donors (Lipinski definition) is 3. The fourth-order valence-corrected chi connectivity index (χ4v) is 10.9. The fraction of sp³-hybridized carbons (Fsp3) is 0.605. The van der Waals surface area contributed by atoms with Gasteiger partial charge in [-0.1, -0.05) is 19.1 Å². The predicted octanol–water partition coefficient (Wildman–Crippen LogP) is 4.46. The molecule has 1 aromatic carbocycles. The number of hydrogen-bond acceptors (Lipinski definition) is 11. The molecule has 9 rings (SSSR count). The van der Waals surface area contributed by atoms with Gasteiger partial charge in [-0.25, -0.2) is 18.2 Å². The molecule has 7 atom stereocenters. The van der Waals surface area contributed by atoms with Crippen LogP contribution in [0.3, 0.4) is 0 Å². The minimum Gasteiger partial charge on any atom is -0.489 e. The molecule has 4 aliphatic carbocycles. The van der Waals surface area contributed by atoms with E-state index < -0.39 is 62.2 Å². The van der Waals surface area contributed by atoms with Gasteiger partial charge in [-0.2, -0.15) is 0 Å². The lowest BCUT2D eigenvalue weighted by molar-refractivity contribution is -0.137. The second kappa shape index (κ2) is 14.7. The number of sulfonamides is 1. The maximum Gasteiger partial charge on any atom is 0.412 e. The van der Waals surface area contributed by atoms with Crippen molar-refractivity contribution in [2.24, 2.45) is 23.7 Å². The molecule has 1 aromatic heterocycles. The van der Waals surface area contributed by atoms with Gasteiger partial charge in [0.2, 0.25) is 21.8 Å². The molecule has 0 spiro atoms. The highest BCUT2D eigenvalue weighted by molar-refractivity contribution is 7.91. The molecule has 3 aliphatic heterocycles. The zero-order chi connectivity index (χ0) is 41.4. The first kappa shape index (κ1) is 39.6. The number of alkyl carbamates (subject to hydrolysis) is 1. The topological polar surface area (TPSA) is 186 Å². The maximum absolute atomic E-state index is 14.9. The van der Waals surface area contributed by atoms with Gasteiger partial charge in [-0.3, -0.25) is 24.4 Å². The number of nitrogens with zero attached hydrogens (tertiary/aromatic N) is 3. The predicted molar refractivity (Wildman–Crippen MR) is 218 cm³/mol. The Morgan fingerprint density at radius 1 is 1.05 bits per heavy atom. The van der Waals surface area contributed by atoms with E-state index in [1.54, 1.807) is 13.1 Å². The molecule has 15 nitrogen and oxygen atoms in total. The quantitative estimate of drug-likeness (QED) is 0.335. The number of anilines is 1. The van der Waals surface area contributed by atoms with Gasteiger partial charge in [0.15, 0.2) is 5.75 Å². The number of nitrogens with one attached hydrogen (secondary N) is 3. The molecule has 0 radical (unpaired) electrons. The lowest BCUT2D eigenvalue weighted by Crippen LogP contribution is -2.57. The number of amides is 4. The molecular weight excluding hydrogens is 777 g/mol. The summed E-state index contributed by atoms with van der Waals surface area (Å²) in [6.07, 6.45) is 9.65. The molecule has 1 saturated heterocycles. The van der Waals surface area contributed by atoms with Crippen LogP contribution in [0.2, 0.25) is 0 Å². The largest absolute Gasteiger partial charge is 0.489 e. The Hall–Kier alpha value is -4.86. The van der Waals surface area contributed by atoms with Crippen LogP contribution in [0.4, 0.5) is 10.5 Å². The molecule has 7 unspecified atom stereocenters. The maximum atomic E-state index is 14.9. The zero-order valence-corrected chi connectivity index (χ0v) is 34.9. The Labute approximate surface area is 344 Å². The highest BCUT2D eigenvalue weighted by atomic mass is 32.2. The summed E-state index contributed by atoms with van der Waals surface area (Å²) in [7, 11) is -2.00. The first-order chi connectivity index (χ1) is 28.1. The average molecular weight is 831 g/mol. The number of ether oxygens (including phenoxy) is 3. The van der Waals surface area contributed by atoms with Gasteiger partial charge in [0.05, 0.1) is 23.5 Å². The van der Waals surface area contributed by atoms with Gasteiger partial charge < -0.3 is 29.3 Å². The molecule has 0 bridgehead atoms. The molecule has 5 fully saturated rings. The van der Waals surface area contributed by atoms with Crippen molar-refractivity contribution in [3.63, 3.8) is 0 Å². The van der Waals surface area contributed by atoms with Crippen molar-refractivity contribution in [2.45, 2.75) is 114 Å². The monoisotopic (exact) mass is 830 g/mol. The number of aromatic nitrogens is 1. The molecule has 4 amide bonds. The molecular formula is C43H54N6O9S. The number of pyridine rings is 1. The molecule has 16 heteroatoms.